The van der Waals surface area contributed by atoms with Crippen molar-refractivity contribution in [3.8, 4) is 0 Å². The van der Waals surface area contributed by atoms with E-state index in [0.29, 0.717) is 23.3 Å². The number of hydrogen-bond acceptors (Lipinski definition) is 5. The highest BCUT2D eigenvalue weighted by Gasteiger charge is 2.27. The van der Waals surface area contributed by atoms with Crippen molar-refractivity contribution in [2.75, 3.05) is 20.2 Å². The number of nitrogens with zero attached hydrogens (tertiary/aromatic N) is 1. The highest BCUT2D eigenvalue weighted by molar-refractivity contribution is 7.91. The fourth-order valence-electron chi connectivity index (χ4n) is 2.22. The van der Waals surface area contributed by atoms with E-state index in [1.807, 2.05) is 6.07 Å². The Morgan fingerprint density at radius 3 is 2.86 bits per heavy atom. The van der Waals surface area contributed by atoms with Crippen LogP contribution in [0.25, 0.3) is 0 Å². The first-order valence-corrected chi connectivity index (χ1v) is 9.55. The minimum atomic E-state index is -3.40. The van der Waals surface area contributed by atoms with E-state index in [1.54, 1.807) is 13.1 Å². The molecule has 2 rings (SSSR count). The summed E-state index contributed by atoms with van der Waals surface area (Å²) in [6.07, 6.45) is 1.99. The first kappa shape index (κ1) is 16.9. The summed E-state index contributed by atoms with van der Waals surface area (Å²) in [4.78, 5) is 1.03. The monoisotopic (exact) mass is 332 g/mol. The van der Waals surface area contributed by atoms with Crippen LogP contribution in [0, 0.1) is 0 Å². The highest BCUT2D eigenvalue weighted by Crippen LogP contribution is 2.25. The van der Waals surface area contributed by atoms with Crippen molar-refractivity contribution in [2.24, 2.45) is 0 Å². The van der Waals surface area contributed by atoms with Crippen LogP contribution in [0.1, 0.15) is 31.6 Å². The van der Waals surface area contributed by atoms with Gasteiger partial charge < -0.3 is 10.1 Å². The second-order valence-electron chi connectivity index (χ2n) is 5.68. The second-order valence-corrected chi connectivity index (χ2v) is 9.12. The molecule has 1 aromatic heterocycles. The zero-order valence-corrected chi connectivity index (χ0v) is 14.5. The molecule has 0 bridgehead atoms. The van der Waals surface area contributed by atoms with Crippen molar-refractivity contribution in [1.82, 2.24) is 9.62 Å². The average Bonchev–Trinajstić information content (AvgIpc) is 3.07. The molecule has 0 spiro atoms. The minimum Gasteiger partial charge on any atom is -0.377 e. The van der Waals surface area contributed by atoms with Crippen molar-refractivity contribution in [1.29, 1.82) is 0 Å². The first-order chi connectivity index (χ1) is 9.89. The number of sulfonamides is 1. The first-order valence-electron chi connectivity index (χ1n) is 7.29. The standard InChI is InChI=1S/C14H24N2O3S2/c1-11(2)15-9-13-6-7-14(20-13)21(17,18)16(3)10-12-5-4-8-19-12/h6-7,11-12,15H,4-5,8-10H2,1-3H3. The van der Waals surface area contributed by atoms with Gasteiger partial charge in [-0.15, -0.1) is 11.3 Å². The number of nitrogens with one attached hydrogen (secondary N) is 1. The van der Waals surface area contributed by atoms with E-state index < -0.39 is 10.0 Å². The summed E-state index contributed by atoms with van der Waals surface area (Å²) in [6.45, 7) is 6.01. The van der Waals surface area contributed by atoms with Gasteiger partial charge in [-0.05, 0) is 25.0 Å². The maximum absolute atomic E-state index is 12.5. The van der Waals surface area contributed by atoms with Crippen LogP contribution in [0.15, 0.2) is 16.3 Å². The van der Waals surface area contributed by atoms with Gasteiger partial charge in [0.1, 0.15) is 4.21 Å². The number of ether oxygens (including phenoxy) is 1. The van der Waals surface area contributed by atoms with Crippen LogP contribution in [0.5, 0.6) is 0 Å². The molecule has 0 saturated carbocycles. The molecular formula is C14H24N2O3S2. The summed E-state index contributed by atoms with van der Waals surface area (Å²) in [5, 5.41) is 3.30. The molecule has 1 aromatic rings. The van der Waals surface area contributed by atoms with E-state index in [9.17, 15) is 8.42 Å². The molecule has 0 amide bonds. The van der Waals surface area contributed by atoms with Gasteiger partial charge in [0.05, 0.1) is 6.10 Å². The van der Waals surface area contributed by atoms with Gasteiger partial charge in [-0.25, -0.2) is 8.42 Å². The van der Waals surface area contributed by atoms with Crippen molar-refractivity contribution >= 4 is 21.4 Å². The van der Waals surface area contributed by atoms with Gasteiger partial charge in [0.15, 0.2) is 0 Å². The molecule has 120 valence electrons. The fraction of sp³-hybridized carbons (Fsp3) is 0.714. The van der Waals surface area contributed by atoms with Crippen LogP contribution >= 0.6 is 11.3 Å². The van der Waals surface area contributed by atoms with E-state index in [-0.39, 0.29) is 6.10 Å². The molecule has 7 heteroatoms. The summed E-state index contributed by atoms with van der Waals surface area (Å²) in [7, 11) is -1.77. The number of thiophene rings is 1. The van der Waals surface area contributed by atoms with Crippen molar-refractivity contribution < 1.29 is 13.2 Å². The molecule has 1 aliphatic rings. The third-order valence-electron chi connectivity index (χ3n) is 3.47. The van der Waals surface area contributed by atoms with E-state index >= 15 is 0 Å². The Morgan fingerprint density at radius 1 is 1.48 bits per heavy atom. The van der Waals surface area contributed by atoms with Crippen LogP contribution in [0.3, 0.4) is 0 Å². The van der Waals surface area contributed by atoms with Crippen LogP contribution in [0.4, 0.5) is 0 Å². The third kappa shape index (κ3) is 4.50. The van der Waals surface area contributed by atoms with Gasteiger partial charge in [-0.1, -0.05) is 13.8 Å². The Morgan fingerprint density at radius 2 is 2.24 bits per heavy atom. The summed E-state index contributed by atoms with van der Waals surface area (Å²) in [6, 6.07) is 3.96. The maximum atomic E-state index is 12.5. The molecule has 1 aliphatic heterocycles. The summed E-state index contributed by atoms with van der Waals surface area (Å²) < 4.78 is 32.4. The quantitative estimate of drug-likeness (QED) is 0.830. The Balaban J connectivity index is 2.00. The predicted octanol–water partition coefficient (Wildman–Crippen LogP) is 2.05. The SMILES string of the molecule is CC(C)NCc1ccc(S(=O)(=O)N(C)CC2CCCO2)s1. The molecule has 21 heavy (non-hydrogen) atoms. The average molecular weight is 332 g/mol. The normalized spacial score (nSPS) is 19.8. The number of likely N-dealkylation sites (N-methyl/N-ethyl adjacent to an activating group) is 1. The van der Waals surface area contributed by atoms with E-state index in [0.717, 1.165) is 24.3 Å². The van der Waals surface area contributed by atoms with Crippen LogP contribution in [-0.2, 0) is 21.3 Å². The Labute approximate surface area is 131 Å². The minimum absolute atomic E-state index is 0.0341. The molecule has 0 radical (unpaired) electrons. The van der Waals surface area contributed by atoms with Gasteiger partial charge in [-0.3, -0.25) is 0 Å². The maximum Gasteiger partial charge on any atom is 0.252 e. The molecule has 1 N–H and O–H groups in total. The molecule has 1 atom stereocenters. The molecule has 0 aliphatic carbocycles. The molecular weight excluding hydrogens is 308 g/mol. The molecule has 2 heterocycles. The predicted molar refractivity (Wildman–Crippen MR) is 85.1 cm³/mol. The lowest BCUT2D eigenvalue weighted by Gasteiger charge is -2.19. The molecule has 1 saturated heterocycles. The number of hydrogen-bond donors (Lipinski definition) is 1. The Bertz CT molecular complexity index is 548. The zero-order valence-electron chi connectivity index (χ0n) is 12.8. The van der Waals surface area contributed by atoms with Crippen LogP contribution in [-0.4, -0.2) is 45.1 Å². The van der Waals surface area contributed by atoms with Crippen molar-refractivity contribution in [3.05, 3.63) is 17.0 Å². The van der Waals surface area contributed by atoms with E-state index in [1.165, 1.54) is 15.6 Å². The van der Waals surface area contributed by atoms with Gasteiger partial charge in [-0.2, -0.15) is 4.31 Å². The number of rotatable bonds is 7. The Kier molecular flexibility index (Phi) is 5.79. The van der Waals surface area contributed by atoms with E-state index in [4.69, 9.17) is 4.74 Å². The smallest absolute Gasteiger partial charge is 0.252 e. The largest absolute Gasteiger partial charge is 0.377 e. The van der Waals surface area contributed by atoms with Gasteiger partial charge in [0.25, 0.3) is 10.0 Å². The van der Waals surface area contributed by atoms with Crippen LogP contribution < -0.4 is 5.32 Å². The lowest BCUT2D eigenvalue weighted by atomic mass is 10.2. The van der Waals surface area contributed by atoms with E-state index in [2.05, 4.69) is 19.2 Å². The lowest BCUT2D eigenvalue weighted by molar-refractivity contribution is 0.0979. The van der Waals surface area contributed by atoms with Gasteiger partial charge in [0, 0.05) is 37.7 Å². The summed E-state index contributed by atoms with van der Waals surface area (Å²) in [5.41, 5.74) is 0. The topological polar surface area (TPSA) is 58.6 Å². The second kappa shape index (κ2) is 7.19. The molecule has 1 unspecified atom stereocenters. The lowest BCUT2D eigenvalue weighted by Crippen LogP contribution is -2.33. The van der Waals surface area contributed by atoms with Gasteiger partial charge in [0.2, 0.25) is 0 Å². The highest BCUT2D eigenvalue weighted by atomic mass is 32.2. The molecule has 5 nitrogen and oxygen atoms in total. The van der Waals surface area contributed by atoms with Gasteiger partial charge >= 0.3 is 0 Å². The van der Waals surface area contributed by atoms with Crippen LogP contribution in [0.2, 0.25) is 0 Å². The summed E-state index contributed by atoms with van der Waals surface area (Å²) in [5.74, 6) is 0. The third-order valence-corrected chi connectivity index (χ3v) is 6.85. The summed E-state index contributed by atoms with van der Waals surface area (Å²) >= 11 is 1.34. The Hall–Kier alpha value is -0.470. The fourth-order valence-corrected chi connectivity index (χ4v) is 4.94. The van der Waals surface area contributed by atoms with Crippen molar-refractivity contribution in [2.45, 2.75) is 49.6 Å². The molecule has 1 fully saturated rings. The van der Waals surface area contributed by atoms with Crippen molar-refractivity contribution in [3.63, 3.8) is 0 Å². The zero-order chi connectivity index (χ0) is 15.5. The molecule has 0 aromatic carbocycles.